The van der Waals surface area contributed by atoms with Gasteiger partial charge in [-0.05, 0) is 102 Å². The van der Waals surface area contributed by atoms with Crippen LogP contribution in [-0.2, 0) is 0 Å². The fourth-order valence-electron chi connectivity index (χ4n) is 6.95. The van der Waals surface area contributed by atoms with Gasteiger partial charge < -0.3 is 5.11 Å². The van der Waals surface area contributed by atoms with E-state index in [1.165, 1.54) is 68.1 Å². The Balaban J connectivity index is 1.07. The average molecular weight is 463 g/mol. The maximum Gasteiger partial charge on any atom is 0.116 e. The molecular weight excluding hydrogens is 424 g/mol. The maximum absolute atomic E-state index is 10.7. The third kappa shape index (κ3) is 4.96. The highest BCUT2D eigenvalue weighted by Gasteiger charge is 2.37. The van der Waals surface area contributed by atoms with Crippen LogP contribution in [0.1, 0.15) is 57.8 Å². The lowest BCUT2D eigenvalue weighted by Crippen LogP contribution is -2.29. The number of allylic oxidation sites excluding steroid dienone is 19. The molecule has 180 valence electrons. The van der Waals surface area contributed by atoms with E-state index in [9.17, 15) is 5.11 Å². The number of hydrogen-bond donors (Lipinski definition) is 1. The van der Waals surface area contributed by atoms with Crippen molar-refractivity contribution in [3.8, 4) is 0 Å². The molecule has 1 nitrogen and oxygen atoms in total. The number of aliphatic hydroxyl groups excluding tert-OH is 1. The molecule has 35 heavy (non-hydrogen) atoms. The van der Waals surface area contributed by atoms with E-state index >= 15 is 0 Å². The Morgan fingerprint density at radius 2 is 1.29 bits per heavy atom. The lowest BCUT2D eigenvalue weighted by molar-refractivity contribution is 0.153. The van der Waals surface area contributed by atoms with Gasteiger partial charge in [-0.3, -0.25) is 0 Å². The zero-order valence-corrected chi connectivity index (χ0v) is 20.8. The van der Waals surface area contributed by atoms with Gasteiger partial charge in [0.15, 0.2) is 0 Å². The normalized spacial score (nSPS) is 32.7. The van der Waals surface area contributed by atoms with Crippen molar-refractivity contribution < 1.29 is 5.11 Å². The van der Waals surface area contributed by atoms with Crippen molar-refractivity contribution in [1.29, 1.82) is 0 Å². The quantitative estimate of drug-likeness (QED) is 0.432. The standard InChI is InChI=1S/C34H38O/c35-34-22-28(16-7-17-29(23-34)33-20-32(21-33)26-10-3-4-11-26)24-12-5-14-27(15-6-13-24)31-18-30(19-31)25-8-1-2-9-25/h3,5-7,10-17,22-23,25,30-33,35H,1-2,4,8-9,18-21H2. The Kier molecular flexibility index (Phi) is 6.51. The molecule has 0 heterocycles. The summed E-state index contributed by atoms with van der Waals surface area (Å²) < 4.78 is 0. The van der Waals surface area contributed by atoms with E-state index in [4.69, 9.17) is 0 Å². The van der Waals surface area contributed by atoms with Gasteiger partial charge in [0.2, 0.25) is 0 Å². The van der Waals surface area contributed by atoms with Crippen molar-refractivity contribution in [2.75, 3.05) is 0 Å². The molecule has 0 aromatic rings. The third-order valence-electron chi connectivity index (χ3n) is 9.24. The Labute approximate surface area is 211 Å². The minimum atomic E-state index is 0.350. The van der Waals surface area contributed by atoms with E-state index in [-0.39, 0.29) is 0 Å². The van der Waals surface area contributed by atoms with E-state index in [1.807, 2.05) is 12.2 Å². The van der Waals surface area contributed by atoms with E-state index < -0.39 is 0 Å². The van der Waals surface area contributed by atoms with Gasteiger partial charge in [0.05, 0.1) is 0 Å². The number of rotatable bonds is 5. The van der Waals surface area contributed by atoms with Gasteiger partial charge in [-0.25, -0.2) is 0 Å². The lowest BCUT2D eigenvalue weighted by Gasteiger charge is -2.40. The van der Waals surface area contributed by atoms with Gasteiger partial charge >= 0.3 is 0 Å². The summed E-state index contributed by atoms with van der Waals surface area (Å²) in [6.07, 6.45) is 42.7. The SMILES string of the molecule is OC1=CC(C2CC(C3=CCC=C3)C2)=CC=CC(C2=CC=CC(C3CC(C4CCCC4)C3)=CC=C2)=C1. The smallest absolute Gasteiger partial charge is 0.116 e. The molecule has 6 rings (SSSR count). The summed E-state index contributed by atoms with van der Waals surface area (Å²) in [5.74, 6) is 4.30. The third-order valence-corrected chi connectivity index (χ3v) is 9.24. The number of aliphatic hydroxyl groups is 1. The molecule has 6 aliphatic rings. The van der Waals surface area contributed by atoms with Crippen LogP contribution >= 0.6 is 0 Å². The van der Waals surface area contributed by atoms with E-state index in [1.54, 1.807) is 0 Å². The van der Waals surface area contributed by atoms with Crippen molar-refractivity contribution >= 4 is 0 Å². The van der Waals surface area contributed by atoms with E-state index in [0.717, 1.165) is 35.3 Å². The molecule has 0 amide bonds. The predicted molar refractivity (Wildman–Crippen MR) is 147 cm³/mol. The molecule has 0 spiro atoms. The monoisotopic (exact) mass is 462 g/mol. The molecule has 3 saturated carbocycles. The minimum absolute atomic E-state index is 0.350. The van der Waals surface area contributed by atoms with Gasteiger partial charge in [-0.2, -0.15) is 0 Å². The van der Waals surface area contributed by atoms with Crippen LogP contribution in [-0.4, -0.2) is 5.11 Å². The predicted octanol–water partition coefficient (Wildman–Crippen LogP) is 8.96. The molecule has 0 aromatic heterocycles. The van der Waals surface area contributed by atoms with Crippen molar-refractivity contribution in [1.82, 2.24) is 0 Å². The van der Waals surface area contributed by atoms with Crippen molar-refractivity contribution in [3.05, 3.63) is 119 Å². The van der Waals surface area contributed by atoms with Gasteiger partial charge in [-0.15, -0.1) is 0 Å². The summed E-state index contributed by atoms with van der Waals surface area (Å²) in [6, 6.07) is 0. The summed E-state index contributed by atoms with van der Waals surface area (Å²) >= 11 is 0. The second-order valence-electron chi connectivity index (χ2n) is 11.4. The summed E-state index contributed by atoms with van der Waals surface area (Å²) in [6.45, 7) is 0. The Hall–Kier alpha value is -2.80. The Morgan fingerprint density at radius 1 is 0.600 bits per heavy atom. The summed E-state index contributed by atoms with van der Waals surface area (Å²) in [4.78, 5) is 0. The minimum Gasteiger partial charge on any atom is -0.508 e. The second-order valence-corrected chi connectivity index (χ2v) is 11.4. The van der Waals surface area contributed by atoms with E-state index in [0.29, 0.717) is 17.6 Å². The van der Waals surface area contributed by atoms with Crippen LogP contribution in [0, 0.1) is 29.6 Å². The van der Waals surface area contributed by atoms with E-state index in [2.05, 4.69) is 72.9 Å². The zero-order chi connectivity index (χ0) is 23.6. The Morgan fingerprint density at radius 3 is 2.06 bits per heavy atom. The molecule has 0 radical (unpaired) electrons. The van der Waals surface area contributed by atoms with Crippen LogP contribution in [0.3, 0.4) is 0 Å². The zero-order valence-electron chi connectivity index (χ0n) is 20.8. The lowest BCUT2D eigenvalue weighted by atomic mass is 9.65. The van der Waals surface area contributed by atoms with Crippen molar-refractivity contribution in [2.45, 2.75) is 57.8 Å². The van der Waals surface area contributed by atoms with Crippen LogP contribution in [0.25, 0.3) is 0 Å². The molecule has 1 N–H and O–H groups in total. The molecule has 0 saturated heterocycles. The van der Waals surface area contributed by atoms with Crippen LogP contribution in [0.4, 0.5) is 0 Å². The molecule has 0 unspecified atom stereocenters. The average Bonchev–Trinajstić information content (AvgIpc) is 3.45. The first-order valence-corrected chi connectivity index (χ1v) is 13.9. The highest BCUT2D eigenvalue weighted by molar-refractivity contribution is 5.54. The summed E-state index contributed by atoms with van der Waals surface area (Å²) in [5.41, 5.74) is 6.41. The molecule has 0 atom stereocenters. The molecule has 0 aliphatic heterocycles. The number of hydrogen-bond acceptors (Lipinski definition) is 1. The van der Waals surface area contributed by atoms with Gasteiger partial charge in [0, 0.05) is 0 Å². The van der Waals surface area contributed by atoms with Crippen LogP contribution in [0.5, 0.6) is 0 Å². The second kappa shape index (κ2) is 10.1. The summed E-state index contributed by atoms with van der Waals surface area (Å²) in [5, 5.41) is 10.7. The Bertz CT molecular complexity index is 1140. The molecular formula is C34H38O. The van der Waals surface area contributed by atoms with Crippen molar-refractivity contribution in [3.63, 3.8) is 0 Å². The first kappa shape index (κ1) is 22.7. The molecule has 1 heteroatoms. The molecule has 6 aliphatic carbocycles. The first-order chi connectivity index (χ1) is 17.2. The molecule has 3 fully saturated rings. The van der Waals surface area contributed by atoms with Crippen LogP contribution < -0.4 is 0 Å². The molecule has 0 aromatic carbocycles. The van der Waals surface area contributed by atoms with Gasteiger partial charge in [0.1, 0.15) is 5.76 Å². The molecule has 0 bridgehead atoms. The topological polar surface area (TPSA) is 20.2 Å². The van der Waals surface area contributed by atoms with Gasteiger partial charge in [-0.1, -0.05) is 98.6 Å². The highest BCUT2D eigenvalue weighted by atomic mass is 16.3. The first-order valence-electron chi connectivity index (χ1n) is 13.9. The fraction of sp³-hybridized carbons (Fsp3) is 0.412. The fourth-order valence-corrected chi connectivity index (χ4v) is 6.95. The van der Waals surface area contributed by atoms with Gasteiger partial charge in [0.25, 0.3) is 0 Å². The van der Waals surface area contributed by atoms with Crippen molar-refractivity contribution in [2.24, 2.45) is 29.6 Å². The summed E-state index contributed by atoms with van der Waals surface area (Å²) in [7, 11) is 0. The van der Waals surface area contributed by atoms with Crippen LogP contribution in [0.2, 0.25) is 0 Å². The maximum atomic E-state index is 10.7. The van der Waals surface area contributed by atoms with Crippen LogP contribution in [0.15, 0.2) is 119 Å². The highest BCUT2D eigenvalue weighted by Crippen LogP contribution is 2.48. The largest absolute Gasteiger partial charge is 0.508 e.